The molecule has 5 nitrogen and oxygen atoms in total. The van der Waals surface area contributed by atoms with Gasteiger partial charge in [0.1, 0.15) is 12.6 Å². The molecule has 0 aromatic heterocycles. The van der Waals surface area contributed by atoms with Crippen molar-refractivity contribution in [2.75, 3.05) is 6.54 Å². The molecule has 1 atom stereocenters. The Kier molecular flexibility index (Phi) is 7.91. The van der Waals surface area contributed by atoms with Gasteiger partial charge in [-0.15, -0.1) is 0 Å². The van der Waals surface area contributed by atoms with E-state index in [4.69, 9.17) is 33.0 Å². The first-order chi connectivity index (χ1) is 12.5. The second kappa shape index (κ2) is 10.2. The maximum Gasteiger partial charge on any atom is 0.324 e. The summed E-state index contributed by atoms with van der Waals surface area (Å²) in [5.41, 5.74) is 1.77. The summed E-state index contributed by atoms with van der Waals surface area (Å²) in [7, 11) is 0. The van der Waals surface area contributed by atoms with Crippen molar-refractivity contribution >= 4 is 35.1 Å². The molecule has 0 aliphatic carbocycles. The van der Waals surface area contributed by atoms with E-state index in [-0.39, 0.29) is 13.0 Å². The van der Waals surface area contributed by atoms with E-state index in [1.54, 1.807) is 12.1 Å². The number of aliphatic carboxylic acids is 1. The fourth-order valence-corrected chi connectivity index (χ4v) is 2.65. The molecule has 2 rings (SSSR count). The van der Waals surface area contributed by atoms with Gasteiger partial charge in [-0.25, -0.2) is 0 Å². The normalized spacial score (nSPS) is 11.8. The zero-order valence-electron chi connectivity index (χ0n) is 14.0. The van der Waals surface area contributed by atoms with Gasteiger partial charge in [0.05, 0.1) is 16.5 Å². The fraction of sp³-hybridized carbons (Fsp3) is 0.263. The molecule has 0 aliphatic heterocycles. The molecule has 0 saturated carbocycles. The second-order valence-electron chi connectivity index (χ2n) is 5.70. The van der Waals surface area contributed by atoms with E-state index in [0.717, 1.165) is 11.1 Å². The minimum Gasteiger partial charge on any atom is -0.481 e. The summed E-state index contributed by atoms with van der Waals surface area (Å²) in [4.78, 5) is 23.2. The minimum atomic E-state index is -1.08. The molecular formula is C19H19Cl2NO4. The van der Waals surface area contributed by atoms with Crippen LogP contribution in [-0.2, 0) is 27.4 Å². The predicted octanol–water partition coefficient (Wildman–Crippen LogP) is 3.71. The SMILES string of the molecule is O=C(O)CC(NCCc1ccc(Cl)c(Cl)c1)C(=O)OCc1ccccc1. The van der Waals surface area contributed by atoms with Crippen LogP contribution in [0.5, 0.6) is 0 Å². The van der Waals surface area contributed by atoms with Crippen LogP contribution in [0.1, 0.15) is 17.5 Å². The summed E-state index contributed by atoms with van der Waals surface area (Å²) in [6, 6.07) is 13.6. The van der Waals surface area contributed by atoms with Gasteiger partial charge in [0.25, 0.3) is 0 Å². The number of carboxylic acids is 1. The largest absolute Gasteiger partial charge is 0.481 e. The standard InChI is InChI=1S/C19H19Cl2NO4/c20-15-7-6-13(10-16(15)21)8-9-22-17(11-18(23)24)19(25)26-12-14-4-2-1-3-5-14/h1-7,10,17,22H,8-9,11-12H2,(H,23,24). The van der Waals surface area contributed by atoms with Crippen LogP contribution in [-0.4, -0.2) is 29.6 Å². The maximum atomic E-state index is 12.2. The Morgan fingerprint density at radius 2 is 1.77 bits per heavy atom. The molecule has 1 unspecified atom stereocenters. The quantitative estimate of drug-likeness (QED) is 0.632. The summed E-state index contributed by atoms with van der Waals surface area (Å²) in [6.07, 6.45) is 0.216. The van der Waals surface area contributed by atoms with Crippen LogP contribution in [0.2, 0.25) is 10.0 Å². The van der Waals surface area contributed by atoms with Crippen LogP contribution < -0.4 is 5.32 Å². The van der Waals surface area contributed by atoms with Crippen molar-refractivity contribution in [2.24, 2.45) is 0 Å². The molecule has 0 fully saturated rings. The fourth-order valence-electron chi connectivity index (χ4n) is 2.33. The maximum absolute atomic E-state index is 12.2. The van der Waals surface area contributed by atoms with Crippen LogP contribution in [0.4, 0.5) is 0 Å². The summed E-state index contributed by atoms with van der Waals surface area (Å²) in [5.74, 6) is -1.67. The Balaban J connectivity index is 1.88. The van der Waals surface area contributed by atoms with Gasteiger partial charge < -0.3 is 15.2 Å². The Morgan fingerprint density at radius 1 is 1.04 bits per heavy atom. The van der Waals surface area contributed by atoms with Gasteiger partial charge in [-0.1, -0.05) is 59.6 Å². The van der Waals surface area contributed by atoms with E-state index in [1.807, 2.05) is 36.4 Å². The molecule has 2 N–H and O–H groups in total. The van der Waals surface area contributed by atoms with Gasteiger partial charge in [0, 0.05) is 0 Å². The van der Waals surface area contributed by atoms with Gasteiger partial charge in [-0.05, 0) is 36.2 Å². The number of benzene rings is 2. The second-order valence-corrected chi connectivity index (χ2v) is 6.51. The topological polar surface area (TPSA) is 75.6 Å². The first-order valence-electron chi connectivity index (χ1n) is 8.05. The van der Waals surface area contributed by atoms with Crippen molar-refractivity contribution in [3.63, 3.8) is 0 Å². The third kappa shape index (κ3) is 6.67. The van der Waals surface area contributed by atoms with Crippen molar-refractivity contribution in [3.8, 4) is 0 Å². The van der Waals surface area contributed by atoms with E-state index in [1.165, 1.54) is 0 Å². The number of carbonyl (C=O) groups excluding carboxylic acids is 1. The van der Waals surface area contributed by atoms with Crippen molar-refractivity contribution < 1.29 is 19.4 Å². The average Bonchev–Trinajstić information content (AvgIpc) is 2.62. The van der Waals surface area contributed by atoms with Crippen LogP contribution in [0.15, 0.2) is 48.5 Å². The van der Waals surface area contributed by atoms with Gasteiger partial charge in [-0.2, -0.15) is 0 Å². The third-order valence-corrected chi connectivity index (χ3v) is 4.41. The summed E-state index contributed by atoms with van der Waals surface area (Å²) >= 11 is 11.8. The lowest BCUT2D eigenvalue weighted by atomic mass is 10.1. The monoisotopic (exact) mass is 395 g/mol. The summed E-state index contributed by atoms with van der Waals surface area (Å²) < 4.78 is 5.23. The van der Waals surface area contributed by atoms with Gasteiger partial charge >= 0.3 is 11.9 Å². The molecule has 0 spiro atoms. The van der Waals surface area contributed by atoms with Gasteiger partial charge in [-0.3, -0.25) is 9.59 Å². The summed E-state index contributed by atoms with van der Waals surface area (Å²) in [5, 5.41) is 12.9. The molecule has 2 aromatic rings. The minimum absolute atomic E-state index is 0.101. The number of carbonyl (C=O) groups is 2. The lowest BCUT2D eigenvalue weighted by molar-refractivity contribution is -0.151. The van der Waals surface area contributed by atoms with Crippen LogP contribution in [0.3, 0.4) is 0 Å². The number of hydrogen-bond acceptors (Lipinski definition) is 4. The molecule has 0 bridgehead atoms. The van der Waals surface area contributed by atoms with Gasteiger partial charge in [0.2, 0.25) is 0 Å². The smallest absolute Gasteiger partial charge is 0.324 e. The van der Waals surface area contributed by atoms with Crippen LogP contribution >= 0.6 is 23.2 Å². The summed E-state index contributed by atoms with van der Waals surface area (Å²) in [6.45, 7) is 0.501. The molecule has 0 saturated heterocycles. The predicted molar refractivity (Wildman–Crippen MR) is 100 cm³/mol. The molecule has 26 heavy (non-hydrogen) atoms. The molecule has 0 heterocycles. The molecule has 7 heteroatoms. The third-order valence-electron chi connectivity index (χ3n) is 3.68. The highest BCUT2D eigenvalue weighted by atomic mass is 35.5. The first kappa shape index (κ1) is 20.2. The van der Waals surface area contributed by atoms with Crippen molar-refractivity contribution in [1.82, 2.24) is 5.32 Å². The van der Waals surface area contributed by atoms with E-state index < -0.39 is 18.0 Å². The Hall–Kier alpha value is -2.08. The number of carboxylic acid groups (broad SMARTS) is 1. The highest BCUT2D eigenvalue weighted by Crippen LogP contribution is 2.22. The first-order valence-corrected chi connectivity index (χ1v) is 8.81. The van der Waals surface area contributed by atoms with Gasteiger partial charge in [0.15, 0.2) is 0 Å². The molecule has 138 valence electrons. The number of hydrogen-bond donors (Lipinski definition) is 2. The number of esters is 1. The number of ether oxygens (including phenoxy) is 1. The van der Waals surface area contributed by atoms with Crippen molar-refractivity contribution in [3.05, 3.63) is 69.7 Å². The zero-order valence-corrected chi connectivity index (χ0v) is 15.5. The molecule has 0 radical (unpaired) electrons. The van der Waals surface area contributed by atoms with Crippen LogP contribution in [0, 0.1) is 0 Å². The van der Waals surface area contributed by atoms with E-state index in [9.17, 15) is 9.59 Å². The van der Waals surface area contributed by atoms with E-state index >= 15 is 0 Å². The molecule has 0 aliphatic rings. The molecular weight excluding hydrogens is 377 g/mol. The number of rotatable bonds is 9. The van der Waals surface area contributed by atoms with Crippen molar-refractivity contribution in [1.29, 1.82) is 0 Å². The van der Waals surface area contributed by atoms with E-state index in [0.29, 0.717) is 23.0 Å². The Morgan fingerprint density at radius 3 is 2.42 bits per heavy atom. The Labute approximate surface area is 161 Å². The lowest BCUT2D eigenvalue weighted by Crippen LogP contribution is -2.40. The number of nitrogens with one attached hydrogen (secondary N) is 1. The Bertz CT molecular complexity index is 752. The lowest BCUT2D eigenvalue weighted by Gasteiger charge is -2.16. The van der Waals surface area contributed by atoms with Crippen LogP contribution in [0.25, 0.3) is 0 Å². The molecule has 2 aromatic carbocycles. The highest BCUT2D eigenvalue weighted by molar-refractivity contribution is 6.42. The zero-order chi connectivity index (χ0) is 18.9. The van der Waals surface area contributed by atoms with E-state index in [2.05, 4.69) is 5.32 Å². The molecule has 0 amide bonds. The average molecular weight is 396 g/mol. The van der Waals surface area contributed by atoms with Crippen molar-refractivity contribution in [2.45, 2.75) is 25.5 Å². The number of halogens is 2. The highest BCUT2D eigenvalue weighted by Gasteiger charge is 2.22.